The molecule has 0 bridgehead atoms. The van der Waals surface area contributed by atoms with Crippen molar-refractivity contribution in [2.45, 2.75) is 19.3 Å². The number of piperidine rings is 1. The highest BCUT2D eigenvalue weighted by molar-refractivity contribution is 6.46. The average Bonchev–Trinajstić information content (AvgIpc) is 3.18. The molecule has 0 saturated carbocycles. The Labute approximate surface area is 169 Å². The predicted octanol–water partition coefficient (Wildman–Crippen LogP) is 5.18. The van der Waals surface area contributed by atoms with Crippen LogP contribution in [0.4, 0.5) is 0 Å². The van der Waals surface area contributed by atoms with Crippen molar-refractivity contribution in [1.82, 2.24) is 9.88 Å². The number of Topliss-reactive ketones (excluding diaryl/α,β-unsaturated/α-hetero) is 1. The number of amides is 1. The minimum absolute atomic E-state index is 0.392. The van der Waals surface area contributed by atoms with E-state index in [0.717, 1.165) is 46.5 Å². The van der Waals surface area contributed by atoms with Gasteiger partial charge < -0.3 is 9.88 Å². The molecule has 1 N–H and O–H groups in total. The Balaban J connectivity index is 1.65. The number of hydrogen-bond acceptors (Lipinski definition) is 2. The second kappa shape index (κ2) is 7.21. The number of carbonyl (C=O) groups excluding carboxylic acids is 2. The molecule has 144 valence electrons. The van der Waals surface area contributed by atoms with Crippen molar-refractivity contribution < 1.29 is 9.59 Å². The van der Waals surface area contributed by atoms with Crippen LogP contribution in [-0.4, -0.2) is 34.7 Å². The number of fused-ring (bicyclic) bond motifs is 2. The number of carbonyl (C=O) groups is 2. The molecular weight excluding hydrogens is 360 g/mol. The molecule has 0 radical (unpaired) electrons. The number of hydrogen-bond donors (Lipinski definition) is 1. The topological polar surface area (TPSA) is 53.2 Å². The van der Waals surface area contributed by atoms with Gasteiger partial charge in [-0.1, -0.05) is 54.6 Å². The first-order valence-electron chi connectivity index (χ1n) is 10.2. The molecule has 4 heteroatoms. The van der Waals surface area contributed by atoms with Crippen molar-refractivity contribution in [1.29, 1.82) is 0 Å². The van der Waals surface area contributed by atoms with Crippen molar-refractivity contribution in [2.75, 3.05) is 13.1 Å². The van der Waals surface area contributed by atoms with Crippen LogP contribution in [0.3, 0.4) is 0 Å². The van der Waals surface area contributed by atoms with E-state index < -0.39 is 11.7 Å². The summed E-state index contributed by atoms with van der Waals surface area (Å²) in [5.74, 6) is -0.816. The predicted molar refractivity (Wildman–Crippen MR) is 116 cm³/mol. The Hall–Kier alpha value is -3.40. The summed E-state index contributed by atoms with van der Waals surface area (Å²) >= 11 is 0. The van der Waals surface area contributed by atoms with E-state index in [0.29, 0.717) is 24.3 Å². The average molecular weight is 382 g/mol. The van der Waals surface area contributed by atoms with Crippen molar-refractivity contribution in [3.8, 4) is 11.3 Å². The second-order valence-corrected chi connectivity index (χ2v) is 7.66. The van der Waals surface area contributed by atoms with Gasteiger partial charge in [0.15, 0.2) is 0 Å². The standard InChI is InChI=1S/C25H22N2O2/c28-24(25(29)27-14-6-1-7-15-27)22-20-10-4-5-11-21(20)26-23(22)19-13-12-17-8-2-3-9-18(17)16-19/h2-5,8-13,16,26H,1,6-7,14-15H2. The van der Waals surface area contributed by atoms with E-state index in [1.54, 1.807) is 4.90 Å². The summed E-state index contributed by atoms with van der Waals surface area (Å²) in [7, 11) is 0. The van der Waals surface area contributed by atoms with Gasteiger partial charge >= 0.3 is 0 Å². The van der Waals surface area contributed by atoms with E-state index in [1.165, 1.54) is 0 Å². The molecule has 0 atom stereocenters. The van der Waals surface area contributed by atoms with E-state index in [1.807, 2.05) is 42.5 Å². The molecule has 4 nitrogen and oxygen atoms in total. The van der Waals surface area contributed by atoms with E-state index in [2.05, 4.69) is 29.2 Å². The van der Waals surface area contributed by atoms with Gasteiger partial charge in [-0.2, -0.15) is 0 Å². The zero-order valence-electron chi connectivity index (χ0n) is 16.2. The van der Waals surface area contributed by atoms with Gasteiger partial charge in [0.2, 0.25) is 0 Å². The van der Waals surface area contributed by atoms with Crippen molar-refractivity contribution in [3.05, 3.63) is 72.3 Å². The molecule has 4 aromatic rings. The highest BCUT2D eigenvalue weighted by Gasteiger charge is 2.29. The zero-order chi connectivity index (χ0) is 19.8. The first-order chi connectivity index (χ1) is 14.2. The zero-order valence-corrected chi connectivity index (χ0v) is 16.2. The monoisotopic (exact) mass is 382 g/mol. The maximum atomic E-state index is 13.4. The fraction of sp³-hybridized carbons (Fsp3) is 0.200. The fourth-order valence-electron chi connectivity index (χ4n) is 4.29. The number of aromatic nitrogens is 1. The van der Waals surface area contributed by atoms with Crippen LogP contribution in [0.2, 0.25) is 0 Å². The highest BCUT2D eigenvalue weighted by atomic mass is 16.2. The fourth-order valence-corrected chi connectivity index (χ4v) is 4.29. The molecule has 5 rings (SSSR count). The molecule has 0 unspecified atom stereocenters. The highest BCUT2D eigenvalue weighted by Crippen LogP contribution is 2.33. The van der Waals surface area contributed by atoms with Crippen molar-refractivity contribution in [3.63, 3.8) is 0 Å². The normalized spacial score (nSPS) is 14.4. The van der Waals surface area contributed by atoms with Crippen molar-refractivity contribution in [2.24, 2.45) is 0 Å². The third-order valence-corrected chi connectivity index (χ3v) is 5.81. The Morgan fingerprint density at radius 1 is 0.793 bits per heavy atom. The molecule has 1 fully saturated rings. The summed E-state index contributed by atoms with van der Waals surface area (Å²) in [6.07, 6.45) is 3.04. The van der Waals surface area contributed by atoms with E-state index in [4.69, 9.17) is 0 Å². The summed E-state index contributed by atoms with van der Waals surface area (Å²) < 4.78 is 0. The van der Waals surface area contributed by atoms with Crippen LogP contribution in [0, 0.1) is 0 Å². The molecule has 1 saturated heterocycles. The number of para-hydroxylation sites is 1. The van der Waals surface area contributed by atoms with Gasteiger partial charge in [0, 0.05) is 24.0 Å². The third-order valence-electron chi connectivity index (χ3n) is 5.81. The lowest BCUT2D eigenvalue weighted by Gasteiger charge is -2.26. The van der Waals surface area contributed by atoms with Crippen molar-refractivity contribution >= 4 is 33.4 Å². The summed E-state index contributed by atoms with van der Waals surface area (Å²) in [5.41, 5.74) is 2.97. The molecule has 29 heavy (non-hydrogen) atoms. The Bertz CT molecular complexity index is 1230. The van der Waals surface area contributed by atoms with E-state index in [9.17, 15) is 9.59 Å². The summed E-state index contributed by atoms with van der Waals surface area (Å²) in [6, 6.07) is 22.0. The Kier molecular flexibility index (Phi) is 4.39. The number of rotatable bonds is 3. The number of ketones is 1. The van der Waals surface area contributed by atoms with Gasteiger partial charge in [0.25, 0.3) is 11.7 Å². The number of nitrogens with one attached hydrogen (secondary N) is 1. The summed E-state index contributed by atoms with van der Waals surface area (Å²) in [4.78, 5) is 31.5. The number of nitrogens with zero attached hydrogens (tertiary/aromatic N) is 1. The van der Waals surface area contributed by atoms with E-state index >= 15 is 0 Å². The largest absolute Gasteiger partial charge is 0.354 e. The smallest absolute Gasteiger partial charge is 0.295 e. The number of aromatic amines is 1. The van der Waals surface area contributed by atoms with Crippen LogP contribution < -0.4 is 0 Å². The molecule has 0 spiro atoms. The molecule has 2 heterocycles. The lowest BCUT2D eigenvalue weighted by atomic mass is 9.98. The summed E-state index contributed by atoms with van der Waals surface area (Å²) in [6.45, 7) is 1.33. The maximum Gasteiger partial charge on any atom is 0.295 e. The van der Waals surface area contributed by atoms with Gasteiger partial charge in [0.05, 0.1) is 11.3 Å². The van der Waals surface area contributed by atoms with Crippen LogP contribution in [0.15, 0.2) is 66.7 Å². The third kappa shape index (κ3) is 3.11. The van der Waals surface area contributed by atoms with Crippen LogP contribution in [0.25, 0.3) is 32.9 Å². The van der Waals surface area contributed by atoms with E-state index in [-0.39, 0.29) is 0 Å². The molecule has 1 amide bonds. The van der Waals surface area contributed by atoms with Crippen LogP contribution >= 0.6 is 0 Å². The van der Waals surface area contributed by atoms with Gasteiger partial charge in [-0.15, -0.1) is 0 Å². The van der Waals surface area contributed by atoms with Gasteiger partial charge in [-0.25, -0.2) is 0 Å². The van der Waals surface area contributed by atoms with Crippen LogP contribution in [0.1, 0.15) is 29.6 Å². The summed E-state index contributed by atoms with van der Waals surface area (Å²) in [5, 5.41) is 3.04. The van der Waals surface area contributed by atoms with Gasteiger partial charge in [0.1, 0.15) is 0 Å². The minimum atomic E-state index is -0.424. The molecule has 1 aliphatic rings. The quantitative estimate of drug-likeness (QED) is 0.392. The maximum absolute atomic E-state index is 13.4. The first kappa shape index (κ1) is 17.7. The number of benzene rings is 3. The lowest BCUT2D eigenvalue weighted by Crippen LogP contribution is -2.40. The van der Waals surface area contributed by atoms with Gasteiger partial charge in [-0.05, 0) is 47.7 Å². The Morgan fingerprint density at radius 2 is 1.52 bits per heavy atom. The minimum Gasteiger partial charge on any atom is -0.354 e. The SMILES string of the molecule is O=C(C(=O)N1CCCCC1)c1c(-c2ccc3ccccc3c2)[nH]c2ccccc12. The van der Waals surface area contributed by atoms with Crippen LogP contribution in [-0.2, 0) is 4.79 Å². The first-order valence-corrected chi connectivity index (χ1v) is 10.2. The number of H-pyrrole nitrogens is 1. The van der Waals surface area contributed by atoms with Gasteiger partial charge in [-0.3, -0.25) is 9.59 Å². The lowest BCUT2D eigenvalue weighted by molar-refractivity contribution is -0.127. The Morgan fingerprint density at radius 3 is 2.34 bits per heavy atom. The molecule has 1 aliphatic heterocycles. The molecule has 0 aliphatic carbocycles. The molecule has 1 aromatic heterocycles. The molecule has 3 aromatic carbocycles. The van der Waals surface area contributed by atoms with Crippen LogP contribution in [0.5, 0.6) is 0 Å². The molecular formula is C25H22N2O2. The second-order valence-electron chi connectivity index (χ2n) is 7.66. The number of likely N-dealkylation sites (tertiary alicyclic amines) is 1.